The van der Waals surface area contributed by atoms with Crippen LogP contribution in [-0.4, -0.2) is 37.6 Å². The Morgan fingerprint density at radius 3 is 2.25 bits per heavy atom. The number of rotatable bonds is 6. The van der Waals surface area contributed by atoms with Gasteiger partial charge in [-0.2, -0.15) is 0 Å². The average molecular weight is 176 g/mol. The maximum atomic E-state index is 9.56. The third-order valence-corrected chi connectivity index (χ3v) is 1.73. The molecule has 0 bridgehead atoms. The van der Waals surface area contributed by atoms with Gasteiger partial charge in [-0.1, -0.05) is 13.8 Å². The second kappa shape index (κ2) is 6.40. The van der Waals surface area contributed by atoms with Gasteiger partial charge >= 0.3 is 0 Å². The Morgan fingerprint density at radius 2 is 1.92 bits per heavy atom. The van der Waals surface area contributed by atoms with Crippen molar-refractivity contribution >= 4 is 0 Å². The Kier molecular flexibility index (Phi) is 6.34. The van der Waals surface area contributed by atoms with Crippen LogP contribution in [0.3, 0.4) is 0 Å². The van der Waals surface area contributed by atoms with Crippen molar-refractivity contribution in [2.75, 3.05) is 20.3 Å². The zero-order chi connectivity index (χ0) is 9.56. The molecule has 0 saturated carbocycles. The molecule has 0 amide bonds. The lowest BCUT2D eigenvalue weighted by atomic mass is 10.0. The van der Waals surface area contributed by atoms with Gasteiger partial charge in [0.2, 0.25) is 0 Å². The molecule has 0 saturated heterocycles. The molecule has 0 fully saturated rings. The number of aliphatic hydroxyl groups is 1. The van der Waals surface area contributed by atoms with Crippen LogP contribution in [0.4, 0.5) is 0 Å². The SMILES string of the molecule is CCOC(C(C)C)C(O)COC. The Labute approximate surface area is 74.7 Å². The van der Waals surface area contributed by atoms with E-state index in [1.807, 2.05) is 20.8 Å². The number of hydrogen-bond donors (Lipinski definition) is 1. The fourth-order valence-corrected chi connectivity index (χ4v) is 1.21. The van der Waals surface area contributed by atoms with Gasteiger partial charge in [-0.15, -0.1) is 0 Å². The summed E-state index contributed by atoms with van der Waals surface area (Å²) in [7, 11) is 1.58. The first-order chi connectivity index (χ1) is 5.63. The Balaban J connectivity index is 3.90. The van der Waals surface area contributed by atoms with Crippen molar-refractivity contribution in [1.82, 2.24) is 0 Å². The van der Waals surface area contributed by atoms with Gasteiger partial charge in [-0.25, -0.2) is 0 Å². The molecule has 0 heterocycles. The predicted octanol–water partition coefficient (Wildman–Crippen LogP) is 1.05. The van der Waals surface area contributed by atoms with E-state index in [1.54, 1.807) is 7.11 Å². The zero-order valence-corrected chi connectivity index (χ0v) is 8.41. The van der Waals surface area contributed by atoms with Crippen molar-refractivity contribution in [1.29, 1.82) is 0 Å². The van der Waals surface area contributed by atoms with Gasteiger partial charge in [0.25, 0.3) is 0 Å². The highest BCUT2D eigenvalue weighted by Crippen LogP contribution is 2.11. The fourth-order valence-electron chi connectivity index (χ4n) is 1.21. The van der Waals surface area contributed by atoms with E-state index in [1.165, 1.54) is 0 Å². The van der Waals surface area contributed by atoms with Crippen LogP contribution in [-0.2, 0) is 9.47 Å². The monoisotopic (exact) mass is 176 g/mol. The molecular weight excluding hydrogens is 156 g/mol. The number of aliphatic hydroxyl groups excluding tert-OH is 1. The third kappa shape index (κ3) is 4.04. The molecule has 0 aliphatic heterocycles. The summed E-state index contributed by atoms with van der Waals surface area (Å²) in [5, 5.41) is 9.56. The first-order valence-corrected chi connectivity index (χ1v) is 4.42. The van der Waals surface area contributed by atoms with Crippen LogP contribution in [0.15, 0.2) is 0 Å². The van der Waals surface area contributed by atoms with E-state index in [2.05, 4.69) is 0 Å². The summed E-state index contributed by atoms with van der Waals surface area (Å²) in [6.07, 6.45) is -0.634. The minimum atomic E-state index is -0.519. The van der Waals surface area contributed by atoms with E-state index < -0.39 is 6.10 Å². The summed E-state index contributed by atoms with van der Waals surface area (Å²) < 4.78 is 10.2. The van der Waals surface area contributed by atoms with Crippen LogP contribution in [0.1, 0.15) is 20.8 Å². The molecule has 2 atom stereocenters. The van der Waals surface area contributed by atoms with Gasteiger partial charge in [0, 0.05) is 13.7 Å². The zero-order valence-electron chi connectivity index (χ0n) is 8.41. The number of ether oxygens (including phenoxy) is 2. The van der Waals surface area contributed by atoms with Gasteiger partial charge in [0.05, 0.1) is 12.7 Å². The number of hydrogen-bond acceptors (Lipinski definition) is 3. The van der Waals surface area contributed by atoms with E-state index in [4.69, 9.17) is 9.47 Å². The molecule has 0 aromatic rings. The quantitative estimate of drug-likeness (QED) is 0.657. The Hall–Kier alpha value is -0.120. The highest BCUT2D eigenvalue weighted by molar-refractivity contribution is 4.71. The van der Waals surface area contributed by atoms with Crippen molar-refractivity contribution in [2.45, 2.75) is 33.0 Å². The van der Waals surface area contributed by atoms with Crippen LogP contribution in [0.2, 0.25) is 0 Å². The lowest BCUT2D eigenvalue weighted by Gasteiger charge is -2.25. The molecule has 74 valence electrons. The molecule has 0 aromatic heterocycles. The van der Waals surface area contributed by atoms with Crippen LogP contribution in [0.25, 0.3) is 0 Å². The molecule has 0 aliphatic carbocycles. The molecule has 0 radical (unpaired) electrons. The molecule has 0 spiro atoms. The largest absolute Gasteiger partial charge is 0.388 e. The van der Waals surface area contributed by atoms with Gasteiger partial charge < -0.3 is 14.6 Å². The molecule has 3 heteroatoms. The summed E-state index contributed by atoms with van der Waals surface area (Å²) in [6.45, 7) is 6.94. The predicted molar refractivity (Wildman–Crippen MR) is 48.1 cm³/mol. The molecule has 0 rings (SSSR count). The molecule has 0 aliphatic rings. The maximum Gasteiger partial charge on any atom is 0.104 e. The van der Waals surface area contributed by atoms with Gasteiger partial charge in [0.15, 0.2) is 0 Å². The van der Waals surface area contributed by atoms with Crippen molar-refractivity contribution < 1.29 is 14.6 Å². The maximum absolute atomic E-state index is 9.56. The van der Waals surface area contributed by atoms with Gasteiger partial charge in [0.1, 0.15) is 6.10 Å². The van der Waals surface area contributed by atoms with Crippen molar-refractivity contribution in [3.05, 3.63) is 0 Å². The van der Waals surface area contributed by atoms with Crippen molar-refractivity contribution in [3.63, 3.8) is 0 Å². The molecule has 1 N–H and O–H groups in total. The van der Waals surface area contributed by atoms with E-state index in [0.717, 1.165) is 0 Å². The first-order valence-electron chi connectivity index (χ1n) is 4.42. The Bertz CT molecular complexity index is 104. The summed E-state index contributed by atoms with van der Waals surface area (Å²) in [5.41, 5.74) is 0. The minimum Gasteiger partial charge on any atom is -0.388 e. The van der Waals surface area contributed by atoms with Crippen LogP contribution >= 0.6 is 0 Å². The topological polar surface area (TPSA) is 38.7 Å². The van der Waals surface area contributed by atoms with Crippen LogP contribution in [0.5, 0.6) is 0 Å². The van der Waals surface area contributed by atoms with Crippen LogP contribution < -0.4 is 0 Å². The van der Waals surface area contributed by atoms with Gasteiger partial charge in [-0.3, -0.25) is 0 Å². The van der Waals surface area contributed by atoms with Crippen LogP contribution in [0, 0.1) is 5.92 Å². The standard InChI is InChI=1S/C9H20O3/c1-5-12-9(7(2)3)8(10)6-11-4/h7-10H,5-6H2,1-4H3. The molecular formula is C9H20O3. The van der Waals surface area contributed by atoms with E-state index in [-0.39, 0.29) is 6.10 Å². The first kappa shape index (κ1) is 11.9. The summed E-state index contributed by atoms with van der Waals surface area (Å²) in [4.78, 5) is 0. The second-order valence-corrected chi connectivity index (χ2v) is 3.19. The smallest absolute Gasteiger partial charge is 0.104 e. The molecule has 12 heavy (non-hydrogen) atoms. The summed E-state index contributed by atoms with van der Waals surface area (Å²) in [5.74, 6) is 0.315. The van der Waals surface area contributed by atoms with E-state index >= 15 is 0 Å². The lowest BCUT2D eigenvalue weighted by Crippen LogP contribution is -2.36. The molecule has 0 aromatic carbocycles. The normalized spacial score (nSPS) is 16.5. The third-order valence-electron chi connectivity index (χ3n) is 1.73. The molecule has 2 unspecified atom stereocenters. The van der Waals surface area contributed by atoms with E-state index in [9.17, 15) is 5.11 Å². The molecule has 3 nitrogen and oxygen atoms in total. The highest BCUT2D eigenvalue weighted by atomic mass is 16.5. The average Bonchev–Trinajstić information content (AvgIpc) is 1.99. The minimum absolute atomic E-state index is 0.116. The lowest BCUT2D eigenvalue weighted by molar-refractivity contribution is -0.0811. The summed E-state index contributed by atoms with van der Waals surface area (Å²) >= 11 is 0. The van der Waals surface area contributed by atoms with E-state index in [0.29, 0.717) is 19.1 Å². The van der Waals surface area contributed by atoms with Crippen molar-refractivity contribution in [3.8, 4) is 0 Å². The number of methoxy groups -OCH3 is 1. The fraction of sp³-hybridized carbons (Fsp3) is 1.00. The summed E-state index contributed by atoms with van der Waals surface area (Å²) in [6, 6.07) is 0. The second-order valence-electron chi connectivity index (χ2n) is 3.19. The highest BCUT2D eigenvalue weighted by Gasteiger charge is 2.22. The van der Waals surface area contributed by atoms with Crippen molar-refractivity contribution in [2.24, 2.45) is 5.92 Å². The Morgan fingerprint density at radius 1 is 1.33 bits per heavy atom. The van der Waals surface area contributed by atoms with Gasteiger partial charge in [-0.05, 0) is 12.8 Å².